The van der Waals surface area contributed by atoms with Gasteiger partial charge in [0.15, 0.2) is 0 Å². The normalized spacial score (nSPS) is 16.8. The molecule has 0 fully saturated rings. The number of aliphatic hydroxyl groups excluding tert-OH is 1. The molecule has 3 atom stereocenters. The third-order valence-electron chi connectivity index (χ3n) is 3.12. The lowest BCUT2D eigenvalue weighted by Crippen LogP contribution is -2.39. The summed E-state index contributed by atoms with van der Waals surface area (Å²) in [6.45, 7) is 6.54. The molecule has 3 heteroatoms. The number of nitrogens with one attached hydrogen (secondary N) is 1. The van der Waals surface area contributed by atoms with Crippen LogP contribution in [0.15, 0.2) is 24.4 Å². The van der Waals surface area contributed by atoms with Crippen LogP contribution in [0.4, 0.5) is 0 Å². The number of pyridine rings is 1. The van der Waals surface area contributed by atoms with Crippen LogP contribution >= 0.6 is 0 Å². The zero-order valence-electron chi connectivity index (χ0n) is 10.4. The highest BCUT2D eigenvalue weighted by molar-refractivity contribution is 5.07. The van der Waals surface area contributed by atoms with E-state index in [1.807, 2.05) is 18.2 Å². The third-order valence-corrected chi connectivity index (χ3v) is 3.12. The Bertz CT molecular complexity index is 289. The number of hydrogen-bond donors (Lipinski definition) is 2. The van der Waals surface area contributed by atoms with Crippen molar-refractivity contribution in [1.29, 1.82) is 0 Å². The monoisotopic (exact) mass is 222 g/mol. The number of aliphatic hydroxyl groups is 1. The van der Waals surface area contributed by atoms with Crippen LogP contribution in [-0.2, 0) is 0 Å². The van der Waals surface area contributed by atoms with Gasteiger partial charge in [0.1, 0.15) is 0 Å². The predicted octanol–water partition coefficient (Wildman–Crippen LogP) is 2.14. The molecular formula is C13H22N2O. The lowest BCUT2D eigenvalue weighted by atomic mass is 9.99. The molecule has 0 bridgehead atoms. The molecule has 1 aromatic rings. The maximum absolute atomic E-state index is 9.34. The maximum atomic E-state index is 9.34. The van der Waals surface area contributed by atoms with Crippen molar-refractivity contribution in [2.45, 2.75) is 39.3 Å². The Kier molecular flexibility index (Phi) is 5.43. The number of nitrogens with zero attached hydrogens (tertiary/aromatic N) is 1. The minimum absolute atomic E-state index is 0.141. The van der Waals surface area contributed by atoms with Crippen molar-refractivity contribution < 1.29 is 5.11 Å². The molecule has 1 aromatic heterocycles. The average Bonchev–Trinajstić information content (AvgIpc) is 2.35. The lowest BCUT2D eigenvalue weighted by Gasteiger charge is -2.26. The average molecular weight is 222 g/mol. The molecule has 0 aliphatic rings. The van der Waals surface area contributed by atoms with E-state index < -0.39 is 0 Å². The molecule has 1 heterocycles. The molecule has 16 heavy (non-hydrogen) atoms. The molecule has 0 saturated heterocycles. The molecule has 0 amide bonds. The molecule has 1 rings (SSSR count). The van der Waals surface area contributed by atoms with Gasteiger partial charge >= 0.3 is 0 Å². The fourth-order valence-electron chi connectivity index (χ4n) is 1.72. The molecule has 0 saturated carbocycles. The van der Waals surface area contributed by atoms with Gasteiger partial charge in [-0.2, -0.15) is 0 Å². The first-order chi connectivity index (χ1) is 7.69. The Balaban J connectivity index is 2.59. The van der Waals surface area contributed by atoms with Gasteiger partial charge in [0.05, 0.1) is 12.3 Å². The standard InChI is InChI=1S/C13H22N2O/c1-4-10(2)13(9-16)15-11(3)12-7-5-6-8-14-12/h5-8,10-11,13,15-16H,4,9H2,1-3H3. The van der Waals surface area contributed by atoms with E-state index in [9.17, 15) is 5.11 Å². The summed E-state index contributed by atoms with van der Waals surface area (Å²) in [4.78, 5) is 4.31. The van der Waals surface area contributed by atoms with Crippen LogP contribution in [0.25, 0.3) is 0 Å². The van der Waals surface area contributed by atoms with Crippen molar-refractivity contribution in [3.8, 4) is 0 Å². The molecule has 3 unspecified atom stereocenters. The van der Waals surface area contributed by atoms with E-state index in [-0.39, 0.29) is 18.7 Å². The fourth-order valence-corrected chi connectivity index (χ4v) is 1.72. The van der Waals surface area contributed by atoms with Gasteiger partial charge in [0, 0.05) is 18.3 Å². The summed E-state index contributed by atoms with van der Waals surface area (Å²) < 4.78 is 0. The van der Waals surface area contributed by atoms with Crippen LogP contribution in [0, 0.1) is 5.92 Å². The van der Waals surface area contributed by atoms with E-state index in [4.69, 9.17) is 0 Å². The molecule has 90 valence electrons. The molecule has 0 aromatic carbocycles. The van der Waals surface area contributed by atoms with Crippen molar-refractivity contribution in [1.82, 2.24) is 10.3 Å². The van der Waals surface area contributed by atoms with Crippen molar-refractivity contribution >= 4 is 0 Å². The largest absolute Gasteiger partial charge is 0.395 e. The van der Waals surface area contributed by atoms with Crippen LogP contribution in [0.5, 0.6) is 0 Å². The molecular weight excluding hydrogens is 200 g/mol. The first kappa shape index (κ1) is 13.1. The van der Waals surface area contributed by atoms with Crippen molar-refractivity contribution in [2.75, 3.05) is 6.61 Å². The first-order valence-electron chi connectivity index (χ1n) is 5.96. The van der Waals surface area contributed by atoms with Crippen LogP contribution in [-0.4, -0.2) is 22.7 Å². The Morgan fingerprint density at radius 1 is 1.38 bits per heavy atom. The van der Waals surface area contributed by atoms with E-state index in [1.165, 1.54) is 0 Å². The highest BCUT2D eigenvalue weighted by atomic mass is 16.3. The first-order valence-corrected chi connectivity index (χ1v) is 5.96. The van der Waals surface area contributed by atoms with Gasteiger partial charge in [-0.25, -0.2) is 0 Å². The Hall–Kier alpha value is -0.930. The molecule has 3 nitrogen and oxygen atoms in total. The summed E-state index contributed by atoms with van der Waals surface area (Å²) in [6, 6.07) is 6.21. The smallest absolute Gasteiger partial charge is 0.0587 e. The van der Waals surface area contributed by atoms with Crippen LogP contribution in [0.3, 0.4) is 0 Å². The van der Waals surface area contributed by atoms with Crippen molar-refractivity contribution in [3.63, 3.8) is 0 Å². The summed E-state index contributed by atoms with van der Waals surface area (Å²) in [5.41, 5.74) is 1.02. The van der Waals surface area contributed by atoms with Crippen molar-refractivity contribution in [3.05, 3.63) is 30.1 Å². The fraction of sp³-hybridized carbons (Fsp3) is 0.615. The third kappa shape index (κ3) is 3.58. The van der Waals surface area contributed by atoms with E-state index >= 15 is 0 Å². The predicted molar refractivity (Wildman–Crippen MR) is 66.1 cm³/mol. The van der Waals surface area contributed by atoms with Crippen molar-refractivity contribution in [2.24, 2.45) is 5.92 Å². The highest BCUT2D eigenvalue weighted by Crippen LogP contribution is 2.14. The lowest BCUT2D eigenvalue weighted by molar-refractivity contribution is 0.192. The molecule has 0 spiro atoms. The Morgan fingerprint density at radius 3 is 2.62 bits per heavy atom. The quantitative estimate of drug-likeness (QED) is 0.775. The number of aromatic nitrogens is 1. The second-order valence-corrected chi connectivity index (χ2v) is 4.32. The number of rotatable bonds is 6. The van der Waals surface area contributed by atoms with Gasteiger partial charge in [-0.1, -0.05) is 26.3 Å². The molecule has 0 aliphatic carbocycles. The second-order valence-electron chi connectivity index (χ2n) is 4.32. The zero-order valence-corrected chi connectivity index (χ0v) is 10.4. The Labute approximate surface area is 97.9 Å². The number of hydrogen-bond acceptors (Lipinski definition) is 3. The second kappa shape index (κ2) is 6.61. The Morgan fingerprint density at radius 2 is 2.12 bits per heavy atom. The van der Waals surface area contributed by atoms with E-state index in [0.29, 0.717) is 5.92 Å². The van der Waals surface area contributed by atoms with Gasteiger partial charge in [-0.15, -0.1) is 0 Å². The van der Waals surface area contributed by atoms with Crippen LogP contribution in [0.2, 0.25) is 0 Å². The summed E-state index contributed by atoms with van der Waals surface area (Å²) in [5.74, 6) is 0.469. The molecule has 0 radical (unpaired) electrons. The van der Waals surface area contributed by atoms with Gasteiger partial charge in [-0.05, 0) is 25.0 Å². The van der Waals surface area contributed by atoms with Gasteiger partial charge in [-0.3, -0.25) is 4.98 Å². The minimum Gasteiger partial charge on any atom is -0.395 e. The van der Waals surface area contributed by atoms with E-state index in [0.717, 1.165) is 12.1 Å². The zero-order chi connectivity index (χ0) is 12.0. The maximum Gasteiger partial charge on any atom is 0.0587 e. The minimum atomic E-state index is 0.141. The SMILES string of the molecule is CCC(C)C(CO)NC(C)c1ccccn1. The highest BCUT2D eigenvalue weighted by Gasteiger charge is 2.17. The van der Waals surface area contributed by atoms with Crippen LogP contribution in [0.1, 0.15) is 38.9 Å². The summed E-state index contributed by atoms with van der Waals surface area (Å²) >= 11 is 0. The van der Waals surface area contributed by atoms with Gasteiger partial charge in [0.25, 0.3) is 0 Å². The topological polar surface area (TPSA) is 45.1 Å². The van der Waals surface area contributed by atoms with E-state index in [2.05, 4.69) is 31.1 Å². The molecule has 2 N–H and O–H groups in total. The summed E-state index contributed by atoms with van der Waals surface area (Å²) in [5, 5.41) is 12.8. The van der Waals surface area contributed by atoms with Crippen LogP contribution < -0.4 is 5.32 Å². The van der Waals surface area contributed by atoms with Gasteiger partial charge in [0.2, 0.25) is 0 Å². The van der Waals surface area contributed by atoms with Gasteiger partial charge < -0.3 is 10.4 Å². The molecule has 0 aliphatic heterocycles. The summed E-state index contributed by atoms with van der Waals surface area (Å²) in [7, 11) is 0. The summed E-state index contributed by atoms with van der Waals surface area (Å²) in [6.07, 6.45) is 2.86. The van der Waals surface area contributed by atoms with E-state index in [1.54, 1.807) is 6.20 Å².